The maximum Gasteiger partial charge on any atom is 0.226 e. The molecule has 0 aromatic heterocycles. The fraction of sp³-hybridized carbons (Fsp3) is 0.409. The van der Waals surface area contributed by atoms with Gasteiger partial charge in [0.15, 0.2) is 0 Å². The fourth-order valence-electron chi connectivity index (χ4n) is 3.78. The third-order valence-corrected chi connectivity index (χ3v) is 5.44. The Morgan fingerprint density at radius 3 is 2.52 bits per heavy atom. The van der Waals surface area contributed by atoms with Gasteiger partial charge >= 0.3 is 0 Å². The number of hydrogen-bond acceptors (Lipinski definition) is 3. The Labute approximate surface area is 158 Å². The van der Waals surface area contributed by atoms with Crippen LogP contribution in [0.2, 0.25) is 0 Å². The summed E-state index contributed by atoms with van der Waals surface area (Å²) >= 11 is 0. The Balaban J connectivity index is 1.61. The number of carbonyl (C=O) groups excluding carboxylic acids is 1. The molecule has 4 nitrogen and oxygen atoms in total. The summed E-state index contributed by atoms with van der Waals surface area (Å²) in [6.45, 7) is 4.35. The normalized spacial score (nSPS) is 20.5. The van der Waals surface area contributed by atoms with Gasteiger partial charge in [-0.25, -0.2) is 4.39 Å². The number of benzene rings is 2. The van der Waals surface area contributed by atoms with E-state index in [-0.39, 0.29) is 23.7 Å². The van der Waals surface area contributed by atoms with Gasteiger partial charge in [-0.15, -0.1) is 0 Å². The average molecular weight is 369 g/mol. The minimum absolute atomic E-state index is 0.0158. The summed E-state index contributed by atoms with van der Waals surface area (Å²) in [6.07, 6.45) is 1.57. The van der Waals surface area contributed by atoms with Crippen LogP contribution in [0.3, 0.4) is 0 Å². The second kappa shape index (κ2) is 7.69. The van der Waals surface area contributed by atoms with E-state index in [2.05, 4.69) is 0 Å². The molecule has 5 heteroatoms. The predicted octanol–water partition coefficient (Wildman–Crippen LogP) is 4.03. The van der Waals surface area contributed by atoms with Crippen molar-refractivity contribution in [2.45, 2.75) is 32.4 Å². The maximum absolute atomic E-state index is 13.2. The van der Waals surface area contributed by atoms with Crippen molar-refractivity contribution in [3.8, 4) is 16.9 Å². The van der Waals surface area contributed by atoms with Crippen LogP contribution in [-0.4, -0.2) is 36.7 Å². The molecule has 142 valence electrons. The molecule has 1 atom stereocenters. The van der Waals surface area contributed by atoms with Crippen LogP contribution in [0.4, 0.5) is 4.39 Å². The first kappa shape index (κ1) is 18.0. The third-order valence-electron chi connectivity index (χ3n) is 5.44. The zero-order valence-electron chi connectivity index (χ0n) is 15.5. The molecule has 0 N–H and O–H groups in total. The van der Waals surface area contributed by atoms with Gasteiger partial charge in [0, 0.05) is 31.2 Å². The van der Waals surface area contributed by atoms with Gasteiger partial charge in [-0.1, -0.05) is 18.2 Å². The van der Waals surface area contributed by atoms with Crippen LogP contribution >= 0.6 is 0 Å². The highest BCUT2D eigenvalue weighted by Gasteiger charge is 2.31. The molecule has 1 fully saturated rings. The summed E-state index contributed by atoms with van der Waals surface area (Å²) in [4.78, 5) is 15.0. The zero-order valence-corrected chi connectivity index (χ0v) is 15.5. The smallest absolute Gasteiger partial charge is 0.226 e. The highest BCUT2D eigenvalue weighted by atomic mass is 19.1. The predicted molar refractivity (Wildman–Crippen MR) is 101 cm³/mol. The number of halogens is 1. The van der Waals surface area contributed by atoms with Crippen molar-refractivity contribution in [2.75, 3.05) is 19.8 Å². The zero-order chi connectivity index (χ0) is 18.8. The first-order valence-electron chi connectivity index (χ1n) is 9.52. The van der Waals surface area contributed by atoms with E-state index in [1.165, 1.54) is 12.1 Å². The molecular weight excluding hydrogens is 345 g/mol. The van der Waals surface area contributed by atoms with E-state index < -0.39 is 0 Å². The molecular formula is C22H24FNO3. The number of carbonyl (C=O) groups is 1. The van der Waals surface area contributed by atoms with Crippen LogP contribution < -0.4 is 4.74 Å². The summed E-state index contributed by atoms with van der Waals surface area (Å²) in [7, 11) is 0. The van der Waals surface area contributed by atoms with Crippen molar-refractivity contribution in [1.29, 1.82) is 0 Å². The number of fused-ring (bicyclic) bond motifs is 1. The molecule has 0 aliphatic carbocycles. The number of rotatable bonds is 2. The number of ether oxygens (including phenoxy) is 2. The summed E-state index contributed by atoms with van der Waals surface area (Å²) in [5, 5.41) is 0. The van der Waals surface area contributed by atoms with Crippen LogP contribution in [0.15, 0.2) is 42.5 Å². The van der Waals surface area contributed by atoms with Gasteiger partial charge in [-0.05, 0) is 55.2 Å². The molecule has 0 saturated carbocycles. The Morgan fingerprint density at radius 1 is 1.07 bits per heavy atom. The topological polar surface area (TPSA) is 38.8 Å². The number of hydrogen-bond donors (Lipinski definition) is 0. The molecule has 27 heavy (non-hydrogen) atoms. The summed E-state index contributed by atoms with van der Waals surface area (Å²) in [5.41, 5.74) is 2.92. The van der Waals surface area contributed by atoms with E-state index in [4.69, 9.17) is 9.47 Å². The molecule has 4 rings (SSSR count). The van der Waals surface area contributed by atoms with Crippen LogP contribution in [0.1, 0.15) is 25.3 Å². The Morgan fingerprint density at radius 2 is 1.78 bits per heavy atom. The minimum atomic E-state index is -0.251. The van der Waals surface area contributed by atoms with Crippen molar-refractivity contribution in [1.82, 2.24) is 4.90 Å². The quantitative estimate of drug-likeness (QED) is 0.802. The van der Waals surface area contributed by atoms with Crippen molar-refractivity contribution < 1.29 is 18.7 Å². The largest absolute Gasteiger partial charge is 0.491 e. The van der Waals surface area contributed by atoms with Crippen molar-refractivity contribution in [2.24, 2.45) is 5.92 Å². The molecule has 1 saturated heterocycles. The highest BCUT2D eigenvalue weighted by molar-refractivity contribution is 5.79. The molecule has 2 aliphatic rings. The van der Waals surface area contributed by atoms with E-state index in [0.717, 1.165) is 35.3 Å². The molecule has 0 unspecified atom stereocenters. The SMILES string of the molecule is C[C@H]1COc2ccc(-c3ccc(F)cc3)cc2CN1C(=O)C1CCOCC1. The lowest BCUT2D eigenvalue weighted by Gasteiger charge is -2.32. The first-order valence-corrected chi connectivity index (χ1v) is 9.52. The number of nitrogens with zero attached hydrogens (tertiary/aromatic N) is 1. The Kier molecular flexibility index (Phi) is 5.12. The second-order valence-electron chi connectivity index (χ2n) is 7.34. The van der Waals surface area contributed by atoms with E-state index in [1.54, 1.807) is 12.1 Å². The monoisotopic (exact) mass is 369 g/mol. The highest BCUT2D eigenvalue weighted by Crippen LogP contribution is 2.32. The molecule has 2 aromatic carbocycles. The van der Waals surface area contributed by atoms with Gasteiger partial charge in [0.05, 0.1) is 6.04 Å². The van der Waals surface area contributed by atoms with E-state index >= 15 is 0 Å². The van der Waals surface area contributed by atoms with Crippen LogP contribution in [0.5, 0.6) is 5.75 Å². The van der Waals surface area contributed by atoms with Gasteiger partial charge in [-0.2, -0.15) is 0 Å². The van der Waals surface area contributed by atoms with Crippen LogP contribution in [0.25, 0.3) is 11.1 Å². The molecule has 2 aliphatic heterocycles. The maximum atomic E-state index is 13.2. The Hall–Kier alpha value is -2.40. The summed E-state index contributed by atoms with van der Waals surface area (Å²) < 4.78 is 24.6. The van der Waals surface area contributed by atoms with E-state index in [1.807, 2.05) is 30.0 Å². The third kappa shape index (κ3) is 3.83. The second-order valence-corrected chi connectivity index (χ2v) is 7.34. The van der Waals surface area contributed by atoms with Gasteiger partial charge < -0.3 is 14.4 Å². The van der Waals surface area contributed by atoms with E-state index in [9.17, 15) is 9.18 Å². The van der Waals surface area contributed by atoms with Gasteiger partial charge in [0.1, 0.15) is 18.2 Å². The summed E-state index contributed by atoms with van der Waals surface area (Å²) in [6, 6.07) is 12.4. The lowest BCUT2D eigenvalue weighted by Crippen LogP contribution is -2.44. The average Bonchev–Trinajstić information content (AvgIpc) is 2.87. The molecule has 2 heterocycles. The standard InChI is InChI=1S/C22H24FNO3/c1-15-14-27-21-7-4-18(16-2-5-20(23)6-3-16)12-19(21)13-24(15)22(25)17-8-10-26-11-9-17/h2-7,12,15,17H,8-11,13-14H2,1H3/t15-/m0/s1. The van der Waals surface area contributed by atoms with Crippen molar-refractivity contribution in [3.63, 3.8) is 0 Å². The molecule has 0 spiro atoms. The van der Waals surface area contributed by atoms with Gasteiger partial charge in [0.2, 0.25) is 5.91 Å². The lowest BCUT2D eigenvalue weighted by atomic mass is 9.97. The summed E-state index contributed by atoms with van der Waals surface area (Å²) in [5.74, 6) is 0.784. The minimum Gasteiger partial charge on any atom is -0.491 e. The van der Waals surface area contributed by atoms with Crippen molar-refractivity contribution >= 4 is 5.91 Å². The van der Waals surface area contributed by atoms with Crippen LogP contribution in [-0.2, 0) is 16.1 Å². The van der Waals surface area contributed by atoms with Gasteiger partial charge in [-0.3, -0.25) is 4.79 Å². The molecule has 0 radical (unpaired) electrons. The fourth-order valence-corrected chi connectivity index (χ4v) is 3.78. The Bertz CT molecular complexity index is 815. The molecule has 1 amide bonds. The van der Waals surface area contributed by atoms with Crippen molar-refractivity contribution in [3.05, 3.63) is 53.8 Å². The first-order chi connectivity index (χ1) is 13.1. The van der Waals surface area contributed by atoms with Crippen LogP contribution in [0, 0.1) is 11.7 Å². The molecule has 2 aromatic rings. The van der Waals surface area contributed by atoms with E-state index in [0.29, 0.717) is 26.4 Å². The number of amides is 1. The lowest BCUT2D eigenvalue weighted by molar-refractivity contribution is -0.141. The van der Waals surface area contributed by atoms with Gasteiger partial charge in [0.25, 0.3) is 0 Å². The molecule has 0 bridgehead atoms.